The molecule has 0 radical (unpaired) electrons. The molecule has 0 aliphatic heterocycles. The van der Waals surface area contributed by atoms with Crippen molar-refractivity contribution in [1.82, 2.24) is 10.3 Å². The van der Waals surface area contributed by atoms with E-state index in [9.17, 15) is 9.59 Å². The smallest absolute Gasteiger partial charge is 0.255 e. The van der Waals surface area contributed by atoms with Crippen molar-refractivity contribution in [1.29, 1.82) is 0 Å². The second-order valence-corrected chi connectivity index (χ2v) is 6.50. The van der Waals surface area contributed by atoms with Crippen LogP contribution in [0.3, 0.4) is 0 Å². The zero-order chi connectivity index (χ0) is 22.1. The first kappa shape index (κ1) is 21.6. The molecule has 2 amide bonds. The van der Waals surface area contributed by atoms with Crippen molar-refractivity contribution < 1.29 is 19.1 Å². The fourth-order valence-corrected chi connectivity index (χ4v) is 2.79. The molecule has 0 atom stereocenters. The summed E-state index contributed by atoms with van der Waals surface area (Å²) in [6.07, 6.45) is 3.30. The average Bonchev–Trinajstić information content (AvgIpc) is 2.81. The van der Waals surface area contributed by atoms with Crippen LogP contribution < -0.4 is 20.1 Å². The lowest BCUT2D eigenvalue weighted by Crippen LogP contribution is -2.23. The molecular weight excluding hydrogens is 394 g/mol. The monoisotopic (exact) mass is 417 g/mol. The van der Waals surface area contributed by atoms with E-state index >= 15 is 0 Å². The van der Waals surface area contributed by atoms with Gasteiger partial charge < -0.3 is 20.1 Å². The molecular formula is C24H23N3O4. The summed E-state index contributed by atoms with van der Waals surface area (Å²) in [5.74, 6) is 0.370. The molecule has 0 saturated carbocycles. The minimum atomic E-state index is -0.334. The molecule has 31 heavy (non-hydrogen) atoms. The summed E-state index contributed by atoms with van der Waals surface area (Å²) >= 11 is 0. The first-order chi connectivity index (χ1) is 15.1. The minimum Gasteiger partial charge on any atom is -0.493 e. The lowest BCUT2D eigenvalue weighted by Gasteiger charge is -2.12. The summed E-state index contributed by atoms with van der Waals surface area (Å²) in [6.45, 7) is 4.26. The van der Waals surface area contributed by atoms with Crippen LogP contribution in [0.15, 0.2) is 79.5 Å². The molecule has 2 N–H and O–H groups in total. The molecule has 3 aromatic rings. The molecule has 0 bridgehead atoms. The van der Waals surface area contributed by atoms with Crippen LogP contribution in [0, 0.1) is 0 Å². The predicted molar refractivity (Wildman–Crippen MR) is 118 cm³/mol. The lowest BCUT2D eigenvalue weighted by molar-refractivity contribution is 0.0949. The summed E-state index contributed by atoms with van der Waals surface area (Å²) in [6, 6.07) is 17.1. The molecule has 7 heteroatoms. The van der Waals surface area contributed by atoms with Crippen LogP contribution >= 0.6 is 0 Å². The summed E-state index contributed by atoms with van der Waals surface area (Å²) in [7, 11) is 1.50. The van der Waals surface area contributed by atoms with E-state index in [0.29, 0.717) is 41.5 Å². The van der Waals surface area contributed by atoms with Crippen LogP contribution in [0.25, 0.3) is 0 Å². The number of hydrogen-bond donors (Lipinski definition) is 2. The zero-order valence-corrected chi connectivity index (χ0v) is 17.1. The third-order valence-corrected chi connectivity index (χ3v) is 4.32. The van der Waals surface area contributed by atoms with E-state index in [0.717, 1.165) is 5.69 Å². The van der Waals surface area contributed by atoms with Gasteiger partial charge in [-0.3, -0.25) is 14.6 Å². The van der Waals surface area contributed by atoms with E-state index in [-0.39, 0.29) is 11.8 Å². The van der Waals surface area contributed by atoms with Crippen LogP contribution in [0.1, 0.15) is 26.4 Å². The number of ether oxygens (including phenoxy) is 2. The van der Waals surface area contributed by atoms with Crippen molar-refractivity contribution >= 4 is 17.5 Å². The highest BCUT2D eigenvalue weighted by molar-refractivity contribution is 6.05. The molecule has 0 fully saturated rings. The Morgan fingerprint density at radius 1 is 1.00 bits per heavy atom. The van der Waals surface area contributed by atoms with Gasteiger partial charge in [0, 0.05) is 23.0 Å². The topological polar surface area (TPSA) is 89.5 Å². The number of nitrogens with one attached hydrogen (secondary N) is 2. The Morgan fingerprint density at radius 3 is 2.58 bits per heavy atom. The number of benzene rings is 2. The molecule has 1 aromatic heterocycles. The van der Waals surface area contributed by atoms with Gasteiger partial charge in [0.05, 0.1) is 19.3 Å². The van der Waals surface area contributed by atoms with Gasteiger partial charge in [0.25, 0.3) is 11.8 Å². The maximum absolute atomic E-state index is 12.7. The first-order valence-electron chi connectivity index (χ1n) is 9.62. The van der Waals surface area contributed by atoms with Crippen molar-refractivity contribution in [3.63, 3.8) is 0 Å². The molecule has 3 rings (SSSR count). The number of methoxy groups -OCH3 is 1. The Balaban J connectivity index is 1.66. The van der Waals surface area contributed by atoms with Crippen molar-refractivity contribution in [2.24, 2.45) is 0 Å². The Hall–Kier alpha value is -4.13. The van der Waals surface area contributed by atoms with Gasteiger partial charge in [-0.05, 0) is 48.5 Å². The van der Waals surface area contributed by atoms with E-state index in [2.05, 4.69) is 22.2 Å². The molecule has 1 heterocycles. The van der Waals surface area contributed by atoms with E-state index in [4.69, 9.17) is 9.47 Å². The molecule has 0 saturated heterocycles. The number of pyridine rings is 1. The van der Waals surface area contributed by atoms with Crippen molar-refractivity contribution in [2.75, 3.05) is 19.0 Å². The van der Waals surface area contributed by atoms with Crippen LogP contribution in [0.2, 0.25) is 0 Å². The summed E-state index contributed by atoms with van der Waals surface area (Å²) in [5, 5.41) is 5.61. The largest absolute Gasteiger partial charge is 0.493 e. The molecule has 7 nitrogen and oxygen atoms in total. The Morgan fingerprint density at radius 2 is 1.84 bits per heavy atom. The predicted octanol–water partition coefficient (Wildman–Crippen LogP) is 3.84. The average molecular weight is 417 g/mol. The number of anilines is 1. The highest BCUT2D eigenvalue weighted by atomic mass is 16.5. The maximum atomic E-state index is 12.7. The van der Waals surface area contributed by atoms with Crippen LogP contribution in [-0.4, -0.2) is 30.5 Å². The molecule has 158 valence electrons. The normalized spacial score (nSPS) is 10.1. The van der Waals surface area contributed by atoms with Gasteiger partial charge in [-0.25, -0.2) is 0 Å². The Labute approximate surface area is 180 Å². The van der Waals surface area contributed by atoms with Gasteiger partial charge in [0.1, 0.15) is 6.61 Å². The molecule has 0 aliphatic carbocycles. The zero-order valence-electron chi connectivity index (χ0n) is 17.1. The molecule has 0 unspecified atom stereocenters. The van der Waals surface area contributed by atoms with Crippen LogP contribution in [-0.2, 0) is 6.54 Å². The minimum absolute atomic E-state index is 0.257. The van der Waals surface area contributed by atoms with Gasteiger partial charge in [0.2, 0.25) is 0 Å². The van der Waals surface area contributed by atoms with Crippen molar-refractivity contribution in [3.05, 3.63) is 96.3 Å². The van der Waals surface area contributed by atoms with Crippen LogP contribution in [0.4, 0.5) is 5.69 Å². The number of carbonyl (C=O) groups is 2. The lowest BCUT2D eigenvalue weighted by atomic mass is 10.1. The molecule has 0 aliphatic rings. The Bertz CT molecular complexity index is 1070. The van der Waals surface area contributed by atoms with E-state index in [1.165, 1.54) is 7.11 Å². The van der Waals surface area contributed by atoms with Gasteiger partial charge >= 0.3 is 0 Å². The Kier molecular flexibility index (Phi) is 7.37. The number of carbonyl (C=O) groups excluding carboxylic acids is 2. The summed E-state index contributed by atoms with van der Waals surface area (Å²) in [5.41, 5.74) is 2.09. The SMILES string of the molecule is C=CCOc1ccc(C(=O)Nc2cccc(C(=O)NCc3ccccn3)c2)cc1OC. The third kappa shape index (κ3) is 5.93. The van der Waals surface area contributed by atoms with Crippen molar-refractivity contribution in [2.45, 2.75) is 6.54 Å². The fraction of sp³-hybridized carbons (Fsp3) is 0.125. The maximum Gasteiger partial charge on any atom is 0.255 e. The summed E-state index contributed by atoms with van der Waals surface area (Å²) in [4.78, 5) is 29.3. The van der Waals surface area contributed by atoms with Crippen molar-refractivity contribution in [3.8, 4) is 11.5 Å². The van der Waals surface area contributed by atoms with Crippen LogP contribution in [0.5, 0.6) is 11.5 Å². The third-order valence-electron chi connectivity index (χ3n) is 4.32. The van der Waals surface area contributed by atoms with E-state index < -0.39 is 0 Å². The highest BCUT2D eigenvalue weighted by Gasteiger charge is 2.13. The number of amides is 2. The van der Waals surface area contributed by atoms with Gasteiger partial charge in [-0.1, -0.05) is 24.8 Å². The van der Waals surface area contributed by atoms with Gasteiger partial charge in [-0.2, -0.15) is 0 Å². The van der Waals surface area contributed by atoms with E-state index in [1.54, 1.807) is 54.7 Å². The number of aromatic nitrogens is 1. The molecule has 2 aromatic carbocycles. The van der Waals surface area contributed by atoms with Gasteiger partial charge in [-0.15, -0.1) is 0 Å². The fourth-order valence-electron chi connectivity index (χ4n) is 2.79. The summed E-state index contributed by atoms with van der Waals surface area (Å²) < 4.78 is 10.8. The second kappa shape index (κ2) is 10.6. The molecule has 0 spiro atoms. The number of nitrogens with zero attached hydrogens (tertiary/aromatic N) is 1. The standard InChI is InChI=1S/C24H23N3O4/c1-3-13-31-21-11-10-18(15-22(21)30-2)24(29)27-19-9-6-7-17(14-19)23(28)26-16-20-8-4-5-12-25-20/h3-12,14-15H,1,13,16H2,2H3,(H,26,28)(H,27,29). The van der Waals surface area contributed by atoms with E-state index in [1.807, 2.05) is 18.2 Å². The number of rotatable bonds is 9. The first-order valence-corrected chi connectivity index (χ1v) is 9.62. The highest BCUT2D eigenvalue weighted by Crippen LogP contribution is 2.28. The van der Waals surface area contributed by atoms with Gasteiger partial charge in [0.15, 0.2) is 11.5 Å². The number of hydrogen-bond acceptors (Lipinski definition) is 5. The quantitative estimate of drug-likeness (QED) is 0.517. The second-order valence-electron chi connectivity index (χ2n) is 6.50.